The van der Waals surface area contributed by atoms with Crippen molar-refractivity contribution in [2.45, 2.75) is 31.7 Å². The van der Waals surface area contributed by atoms with Crippen molar-refractivity contribution >= 4 is 6.08 Å². The van der Waals surface area contributed by atoms with Crippen LogP contribution in [0.2, 0.25) is 0 Å². The van der Waals surface area contributed by atoms with Gasteiger partial charge in [-0.25, -0.2) is 4.39 Å². The Hall–Kier alpha value is -2.24. The van der Waals surface area contributed by atoms with Gasteiger partial charge in [0, 0.05) is 5.92 Å². The van der Waals surface area contributed by atoms with Crippen LogP contribution in [-0.2, 0) is 16.1 Å². The molecule has 0 amide bonds. The molecule has 3 rings (SSSR count). The summed E-state index contributed by atoms with van der Waals surface area (Å²) in [4.78, 5) is 0. The number of rotatable bonds is 6. The van der Waals surface area contributed by atoms with Crippen molar-refractivity contribution in [3.8, 4) is 5.75 Å². The van der Waals surface area contributed by atoms with Crippen LogP contribution in [0.4, 0.5) is 8.78 Å². The van der Waals surface area contributed by atoms with E-state index in [1.807, 2.05) is 24.3 Å². The molecule has 26 heavy (non-hydrogen) atoms. The number of hydrogen-bond acceptors (Lipinski definition) is 3. The number of methoxy groups -OCH3 is 1. The average Bonchev–Trinajstić information content (AvgIpc) is 2.69. The second-order valence-electron chi connectivity index (χ2n) is 6.28. The molecule has 0 bridgehead atoms. The van der Waals surface area contributed by atoms with Gasteiger partial charge in [0.1, 0.15) is 0 Å². The largest absolute Gasteiger partial charge is 0.494 e. The molecule has 3 nitrogen and oxygen atoms in total. The molecule has 1 aliphatic rings. The number of hydrogen-bond donors (Lipinski definition) is 0. The van der Waals surface area contributed by atoms with Crippen LogP contribution >= 0.6 is 0 Å². The highest BCUT2D eigenvalue weighted by Crippen LogP contribution is 2.33. The Morgan fingerprint density at radius 3 is 2.50 bits per heavy atom. The van der Waals surface area contributed by atoms with Gasteiger partial charge in [-0.05, 0) is 35.6 Å². The van der Waals surface area contributed by atoms with Crippen molar-refractivity contribution in [2.24, 2.45) is 0 Å². The fourth-order valence-corrected chi connectivity index (χ4v) is 3.06. The highest BCUT2D eigenvalue weighted by atomic mass is 19.2. The first-order valence-electron chi connectivity index (χ1n) is 8.59. The van der Waals surface area contributed by atoms with E-state index in [1.165, 1.54) is 13.2 Å². The van der Waals surface area contributed by atoms with Crippen LogP contribution in [0.3, 0.4) is 0 Å². The summed E-state index contributed by atoms with van der Waals surface area (Å²) < 4.78 is 44.4. The minimum atomic E-state index is -0.952. The minimum Gasteiger partial charge on any atom is -0.494 e. The Morgan fingerprint density at radius 1 is 1.12 bits per heavy atom. The van der Waals surface area contributed by atoms with Gasteiger partial charge in [-0.3, -0.25) is 0 Å². The Balaban J connectivity index is 1.54. The summed E-state index contributed by atoms with van der Waals surface area (Å²) in [6.07, 6.45) is 2.75. The topological polar surface area (TPSA) is 27.7 Å². The lowest BCUT2D eigenvalue weighted by molar-refractivity contribution is -0.173. The fraction of sp³-hybridized carbons (Fsp3) is 0.333. The predicted octanol–water partition coefficient (Wildman–Crippen LogP) is 5.05. The maximum atomic E-state index is 14.2. The SMILES string of the molecule is C=Cc1ccc(COC2CCC(c3ccc(OC)c(F)c3F)CO2)cc1. The zero-order valence-corrected chi connectivity index (χ0v) is 14.7. The molecule has 1 saturated heterocycles. The van der Waals surface area contributed by atoms with E-state index >= 15 is 0 Å². The van der Waals surface area contributed by atoms with E-state index in [0.717, 1.165) is 11.1 Å². The van der Waals surface area contributed by atoms with Gasteiger partial charge < -0.3 is 14.2 Å². The van der Waals surface area contributed by atoms with Crippen LogP contribution in [0.1, 0.15) is 35.4 Å². The molecule has 1 fully saturated rings. The molecule has 0 spiro atoms. The van der Waals surface area contributed by atoms with E-state index < -0.39 is 11.6 Å². The molecular weight excluding hydrogens is 338 g/mol. The lowest BCUT2D eigenvalue weighted by Crippen LogP contribution is -2.27. The second-order valence-corrected chi connectivity index (χ2v) is 6.28. The van der Waals surface area contributed by atoms with Gasteiger partial charge in [-0.2, -0.15) is 4.39 Å². The lowest BCUT2D eigenvalue weighted by Gasteiger charge is -2.29. The van der Waals surface area contributed by atoms with Crippen LogP contribution < -0.4 is 4.74 Å². The number of ether oxygens (including phenoxy) is 3. The van der Waals surface area contributed by atoms with Crippen LogP contribution in [0.5, 0.6) is 5.75 Å². The molecule has 0 radical (unpaired) electrons. The fourth-order valence-electron chi connectivity index (χ4n) is 3.06. The first-order chi connectivity index (χ1) is 12.6. The Morgan fingerprint density at radius 2 is 1.88 bits per heavy atom. The summed E-state index contributed by atoms with van der Waals surface area (Å²) in [5, 5.41) is 0. The van der Waals surface area contributed by atoms with E-state index in [2.05, 4.69) is 6.58 Å². The third-order valence-electron chi connectivity index (χ3n) is 4.62. The highest BCUT2D eigenvalue weighted by Gasteiger charge is 2.27. The van der Waals surface area contributed by atoms with Crippen molar-refractivity contribution in [2.75, 3.05) is 13.7 Å². The molecule has 0 aliphatic carbocycles. The molecule has 0 N–H and O–H groups in total. The van der Waals surface area contributed by atoms with Crippen molar-refractivity contribution in [1.82, 2.24) is 0 Å². The van der Waals surface area contributed by atoms with Crippen molar-refractivity contribution in [1.29, 1.82) is 0 Å². The van der Waals surface area contributed by atoms with Gasteiger partial charge in [-0.1, -0.05) is 43.0 Å². The molecule has 138 valence electrons. The zero-order valence-electron chi connectivity index (χ0n) is 14.7. The second kappa shape index (κ2) is 8.43. The van der Waals surface area contributed by atoms with Crippen LogP contribution in [0, 0.1) is 11.6 Å². The van der Waals surface area contributed by atoms with E-state index in [9.17, 15) is 8.78 Å². The van der Waals surface area contributed by atoms with E-state index in [4.69, 9.17) is 14.2 Å². The standard InChI is InChI=1S/C21H22F2O3/c1-3-14-4-6-15(7-5-14)12-25-19-11-8-16(13-26-19)17-9-10-18(24-2)21(23)20(17)22/h3-7,9-10,16,19H,1,8,11-13H2,2H3. The molecule has 1 heterocycles. The summed E-state index contributed by atoms with van der Waals surface area (Å²) in [5.41, 5.74) is 2.42. The van der Waals surface area contributed by atoms with E-state index in [-0.39, 0.29) is 18.0 Å². The monoisotopic (exact) mass is 360 g/mol. The molecule has 0 saturated carbocycles. The molecule has 1 aliphatic heterocycles. The molecule has 2 aromatic rings. The van der Waals surface area contributed by atoms with Gasteiger partial charge in [0.05, 0.1) is 20.3 Å². The summed E-state index contributed by atoms with van der Waals surface area (Å²) in [5.74, 6) is -2.10. The first-order valence-corrected chi connectivity index (χ1v) is 8.59. The molecular formula is C21H22F2O3. The third-order valence-corrected chi connectivity index (χ3v) is 4.62. The number of halogens is 2. The van der Waals surface area contributed by atoms with Gasteiger partial charge in [0.25, 0.3) is 0 Å². The minimum absolute atomic E-state index is 0.0911. The van der Waals surface area contributed by atoms with Crippen molar-refractivity contribution < 1.29 is 23.0 Å². The average molecular weight is 360 g/mol. The summed E-state index contributed by atoms with van der Waals surface area (Å²) in [7, 11) is 1.31. The van der Waals surface area contributed by atoms with Crippen molar-refractivity contribution in [3.63, 3.8) is 0 Å². The molecule has 5 heteroatoms. The third kappa shape index (κ3) is 4.11. The van der Waals surface area contributed by atoms with Crippen LogP contribution in [-0.4, -0.2) is 20.0 Å². The lowest BCUT2D eigenvalue weighted by atomic mass is 9.92. The van der Waals surface area contributed by atoms with Crippen molar-refractivity contribution in [3.05, 3.63) is 71.3 Å². The maximum Gasteiger partial charge on any atom is 0.200 e. The molecule has 2 aromatic carbocycles. The predicted molar refractivity (Wildman–Crippen MR) is 95.9 cm³/mol. The van der Waals surface area contributed by atoms with E-state index in [0.29, 0.717) is 31.6 Å². The molecule has 0 aromatic heterocycles. The normalized spacial score (nSPS) is 20.0. The summed E-state index contributed by atoms with van der Waals surface area (Å²) >= 11 is 0. The molecule has 2 unspecified atom stereocenters. The summed E-state index contributed by atoms with van der Waals surface area (Å²) in [6, 6.07) is 10.9. The Kier molecular flexibility index (Phi) is 6.01. The van der Waals surface area contributed by atoms with Crippen LogP contribution in [0.25, 0.3) is 6.08 Å². The highest BCUT2D eigenvalue weighted by molar-refractivity contribution is 5.47. The van der Waals surface area contributed by atoms with Gasteiger partial charge in [0.15, 0.2) is 17.9 Å². The summed E-state index contributed by atoms with van der Waals surface area (Å²) in [6.45, 7) is 4.46. The van der Waals surface area contributed by atoms with Gasteiger partial charge in [-0.15, -0.1) is 0 Å². The molecule has 2 atom stereocenters. The zero-order chi connectivity index (χ0) is 18.5. The Labute approximate surface area is 152 Å². The van der Waals surface area contributed by atoms with Gasteiger partial charge >= 0.3 is 0 Å². The van der Waals surface area contributed by atoms with Crippen LogP contribution in [0.15, 0.2) is 43.0 Å². The van der Waals surface area contributed by atoms with E-state index in [1.54, 1.807) is 12.1 Å². The Bertz CT molecular complexity index is 751. The number of benzene rings is 2. The van der Waals surface area contributed by atoms with Gasteiger partial charge in [0.2, 0.25) is 5.82 Å². The first kappa shape index (κ1) is 18.5. The maximum absolute atomic E-state index is 14.2. The quantitative estimate of drug-likeness (QED) is 0.721. The smallest absolute Gasteiger partial charge is 0.200 e.